The van der Waals surface area contributed by atoms with Crippen molar-refractivity contribution >= 4 is 5.91 Å². The number of carbonyl (C=O) groups is 1. The molecule has 6 nitrogen and oxygen atoms in total. The maximum Gasteiger partial charge on any atom is 0.244 e. The summed E-state index contributed by atoms with van der Waals surface area (Å²) in [5, 5.41) is 2.93. The third-order valence-corrected chi connectivity index (χ3v) is 3.92. The van der Waals surface area contributed by atoms with Gasteiger partial charge < -0.3 is 14.6 Å². The summed E-state index contributed by atoms with van der Waals surface area (Å²) in [5.41, 5.74) is 1.37. The third-order valence-electron chi connectivity index (χ3n) is 3.92. The number of benzene rings is 1. The van der Waals surface area contributed by atoms with Crippen molar-refractivity contribution in [2.75, 3.05) is 21.2 Å². The number of methoxy groups -OCH3 is 1. The van der Waals surface area contributed by atoms with Crippen LogP contribution < -0.4 is 10.1 Å². The Bertz CT molecular complexity index is 714. The molecule has 7 heteroatoms. The molecule has 2 rings (SSSR count). The molecule has 0 spiro atoms. The largest absolute Gasteiger partial charge is 0.496 e. The average molecular weight is 334 g/mol. The fraction of sp³-hybridized carbons (Fsp3) is 0.412. The number of carbonyl (C=O) groups excluding carboxylic acids is 1. The molecule has 1 amide bonds. The molecule has 1 aromatic heterocycles. The summed E-state index contributed by atoms with van der Waals surface area (Å²) in [7, 11) is 7.00. The Balaban J connectivity index is 2.24. The highest BCUT2D eigenvalue weighted by molar-refractivity contribution is 5.83. The number of rotatable bonds is 6. The van der Waals surface area contributed by atoms with Gasteiger partial charge in [-0.3, -0.25) is 9.69 Å². The molecule has 1 N–H and O–H groups in total. The van der Waals surface area contributed by atoms with Gasteiger partial charge >= 0.3 is 0 Å². The predicted octanol–water partition coefficient (Wildman–Crippen LogP) is 2.05. The molecule has 1 heterocycles. The fourth-order valence-corrected chi connectivity index (χ4v) is 2.68. The lowest BCUT2D eigenvalue weighted by molar-refractivity contribution is -0.126. The van der Waals surface area contributed by atoms with Crippen molar-refractivity contribution in [2.24, 2.45) is 7.05 Å². The fourth-order valence-electron chi connectivity index (χ4n) is 2.68. The van der Waals surface area contributed by atoms with Crippen LogP contribution in [0.2, 0.25) is 0 Å². The minimum Gasteiger partial charge on any atom is -0.496 e. The van der Waals surface area contributed by atoms with Gasteiger partial charge in [-0.15, -0.1) is 0 Å². The summed E-state index contributed by atoms with van der Waals surface area (Å²) in [4.78, 5) is 18.7. The summed E-state index contributed by atoms with van der Waals surface area (Å²) in [6, 6.07) is 3.35. The Morgan fingerprint density at radius 2 is 2.12 bits per heavy atom. The van der Waals surface area contributed by atoms with E-state index in [0.29, 0.717) is 11.3 Å². The first-order chi connectivity index (χ1) is 11.3. The van der Waals surface area contributed by atoms with E-state index in [1.165, 1.54) is 19.2 Å². The second kappa shape index (κ2) is 7.44. The Labute approximate surface area is 141 Å². The van der Waals surface area contributed by atoms with Crippen LogP contribution in [-0.2, 0) is 11.8 Å². The van der Waals surface area contributed by atoms with Gasteiger partial charge in [0.15, 0.2) is 0 Å². The van der Waals surface area contributed by atoms with Gasteiger partial charge in [0.25, 0.3) is 0 Å². The first kappa shape index (κ1) is 17.9. The Morgan fingerprint density at radius 3 is 2.67 bits per heavy atom. The van der Waals surface area contributed by atoms with Crippen LogP contribution in [-0.4, -0.2) is 41.6 Å². The lowest BCUT2D eigenvalue weighted by Gasteiger charge is -2.26. The van der Waals surface area contributed by atoms with Crippen LogP contribution in [0.5, 0.6) is 5.75 Å². The maximum atomic E-state index is 13.6. The lowest BCUT2D eigenvalue weighted by atomic mass is 10.1. The highest BCUT2D eigenvalue weighted by Gasteiger charge is 2.27. The molecule has 0 saturated carbocycles. The van der Waals surface area contributed by atoms with Gasteiger partial charge in [0.1, 0.15) is 17.6 Å². The molecular formula is C17H23FN4O2. The topological polar surface area (TPSA) is 59.4 Å². The number of amides is 1. The zero-order chi connectivity index (χ0) is 17.9. The van der Waals surface area contributed by atoms with Crippen molar-refractivity contribution in [1.29, 1.82) is 0 Å². The normalized spacial score (nSPS) is 13.6. The molecule has 0 saturated heterocycles. The van der Waals surface area contributed by atoms with Crippen LogP contribution in [0.3, 0.4) is 0 Å². The zero-order valence-electron chi connectivity index (χ0n) is 14.6. The second-order valence-corrected chi connectivity index (χ2v) is 5.91. The number of hydrogen-bond acceptors (Lipinski definition) is 4. The molecule has 2 atom stereocenters. The molecule has 0 aliphatic rings. The van der Waals surface area contributed by atoms with Crippen molar-refractivity contribution in [2.45, 2.75) is 19.0 Å². The molecule has 24 heavy (non-hydrogen) atoms. The average Bonchev–Trinajstić information content (AvgIpc) is 2.93. The molecule has 0 aliphatic heterocycles. The minimum absolute atomic E-state index is 0.192. The first-order valence-electron chi connectivity index (χ1n) is 7.61. The number of nitrogens with one attached hydrogen (secondary N) is 1. The Kier molecular flexibility index (Phi) is 5.56. The zero-order valence-corrected chi connectivity index (χ0v) is 14.6. The standard InChI is InChI=1S/C17H23FN4O2/c1-11(13-8-12(18)6-7-15(13)24-5)20-17(23)16(21(2)3)14-9-19-10-22(14)4/h6-11,16H,1-5H3,(H,20,23)/t11-,16+/m1/s1. The summed E-state index contributed by atoms with van der Waals surface area (Å²) in [6.07, 6.45) is 3.32. The maximum absolute atomic E-state index is 13.6. The number of likely N-dealkylation sites (N-methyl/N-ethyl adjacent to an activating group) is 1. The summed E-state index contributed by atoms with van der Waals surface area (Å²) < 4.78 is 20.6. The quantitative estimate of drug-likeness (QED) is 0.878. The number of aromatic nitrogens is 2. The number of ether oxygens (including phenoxy) is 1. The van der Waals surface area contributed by atoms with Gasteiger partial charge in [-0.1, -0.05) is 0 Å². The molecule has 2 aromatic rings. The van der Waals surface area contributed by atoms with Gasteiger partial charge in [-0.2, -0.15) is 0 Å². The summed E-state index contributed by atoms with van der Waals surface area (Å²) in [5.74, 6) is -0.0313. The Hall–Kier alpha value is -2.41. The predicted molar refractivity (Wildman–Crippen MR) is 89.1 cm³/mol. The minimum atomic E-state index is -0.500. The van der Waals surface area contributed by atoms with Crippen molar-refractivity contribution in [3.05, 3.63) is 47.8 Å². The SMILES string of the molecule is COc1ccc(F)cc1[C@@H](C)NC(=O)[C@H](c1cncn1C)N(C)C. The van der Waals surface area contributed by atoms with Gasteiger partial charge in [-0.05, 0) is 39.2 Å². The number of halogens is 1. The Morgan fingerprint density at radius 1 is 1.42 bits per heavy atom. The van der Waals surface area contributed by atoms with Crippen molar-refractivity contribution in [3.8, 4) is 5.75 Å². The van der Waals surface area contributed by atoms with Gasteiger partial charge in [0, 0.05) is 12.6 Å². The van der Waals surface area contributed by atoms with Crippen molar-refractivity contribution in [1.82, 2.24) is 19.8 Å². The summed E-state index contributed by atoms with van der Waals surface area (Å²) >= 11 is 0. The second-order valence-electron chi connectivity index (χ2n) is 5.91. The highest BCUT2D eigenvalue weighted by Crippen LogP contribution is 2.27. The highest BCUT2D eigenvalue weighted by atomic mass is 19.1. The van der Waals surface area contributed by atoms with Crippen molar-refractivity contribution in [3.63, 3.8) is 0 Å². The van der Waals surface area contributed by atoms with Gasteiger partial charge in [0.2, 0.25) is 5.91 Å². The molecule has 130 valence electrons. The first-order valence-corrected chi connectivity index (χ1v) is 7.61. The molecule has 1 aromatic carbocycles. The smallest absolute Gasteiger partial charge is 0.244 e. The van der Waals surface area contributed by atoms with Crippen LogP contribution in [0.4, 0.5) is 4.39 Å². The van der Waals surface area contributed by atoms with Gasteiger partial charge in [-0.25, -0.2) is 9.37 Å². The third kappa shape index (κ3) is 3.73. The van der Waals surface area contributed by atoms with E-state index in [2.05, 4.69) is 10.3 Å². The van der Waals surface area contributed by atoms with Crippen LogP contribution in [0.25, 0.3) is 0 Å². The lowest BCUT2D eigenvalue weighted by Crippen LogP contribution is -2.39. The van der Waals surface area contributed by atoms with E-state index in [1.807, 2.05) is 26.0 Å². The van der Waals surface area contributed by atoms with E-state index in [-0.39, 0.29) is 11.7 Å². The van der Waals surface area contributed by atoms with Crippen LogP contribution in [0, 0.1) is 5.82 Å². The van der Waals surface area contributed by atoms with E-state index in [9.17, 15) is 9.18 Å². The van der Waals surface area contributed by atoms with E-state index < -0.39 is 12.1 Å². The van der Waals surface area contributed by atoms with Crippen LogP contribution >= 0.6 is 0 Å². The monoisotopic (exact) mass is 334 g/mol. The number of aryl methyl sites for hydroxylation is 1. The van der Waals surface area contributed by atoms with E-state index in [1.54, 1.807) is 30.1 Å². The molecule has 0 bridgehead atoms. The van der Waals surface area contributed by atoms with E-state index in [4.69, 9.17) is 4.74 Å². The molecule has 0 unspecified atom stereocenters. The van der Waals surface area contributed by atoms with E-state index in [0.717, 1.165) is 5.69 Å². The summed E-state index contributed by atoms with van der Waals surface area (Å²) in [6.45, 7) is 1.80. The number of imidazole rings is 1. The molecule has 0 fully saturated rings. The number of hydrogen-bond donors (Lipinski definition) is 1. The molecule has 0 radical (unpaired) electrons. The van der Waals surface area contributed by atoms with Crippen LogP contribution in [0.15, 0.2) is 30.7 Å². The van der Waals surface area contributed by atoms with E-state index >= 15 is 0 Å². The van der Waals surface area contributed by atoms with Crippen molar-refractivity contribution < 1.29 is 13.9 Å². The molecular weight excluding hydrogens is 311 g/mol. The van der Waals surface area contributed by atoms with Crippen LogP contribution in [0.1, 0.15) is 30.3 Å². The number of nitrogens with zero attached hydrogens (tertiary/aromatic N) is 3. The van der Waals surface area contributed by atoms with Gasteiger partial charge in [0.05, 0.1) is 31.4 Å². The molecule has 0 aliphatic carbocycles.